The summed E-state index contributed by atoms with van der Waals surface area (Å²) in [6.45, 7) is 1.66. The summed E-state index contributed by atoms with van der Waals surface area (Å²) < 4.78 is 28.6. The molecule has 132 valence electrons. The molecule has 1 aliphatic heterocycles. The quantitative estimate of drug-likeness (QED) is 0.890. The Labute approximate surface area is 147 Å². The lowest BCUT2D eigenvalue weighted by molar-refractivity contribution is -0.127. The molecule has 0 aliphatic carbocycles. The molecule has 1 amide bonds. The molecule has 2 aromatic carbocycles. The molecule has 0 aromatic heterocycles. The van der Waals surface area contributed by atoms with E-state index < -0.39 is 15.9 Å². The van der Waals surface area contributed by atoms with Crippen LogP contribution in [0.15, 0.2) is 54.6 Å². The predicted molar refractivity (Wildman–Crippen MR) is 97.2 cm³/mol. The van der Waals surface area contributed by atoms with Crippen molar-refractivity contribution in [3.05, 3.63) is 54.6 Å². The number of ether oxygens (including phenoxy) is 1. The van der Waals surface area contributed by atoms with E-state index in [0.717, 1.165) is 11.1 Å². The van der Waals surface area contributed by atoms with Crippen LogP contribution >= 0.6 is 0 Å². The predicted octanol–water partition coefficient (Wildman–Crippen LogP) is 2.42. The molecule has 0 saturated carbocycles. The van der Waals surface area contributed by atoms with Crippen molar-refractivity contribution in [3.63, 3.8) is 0 Å². The van der Waals surface area contributed by atoms with Crippen LogP contribution in [0.5, 0.6) is 5.75 Å². The van der Waals surface area contributed by atoms with Gasteiger partial charge in [-0.15, -0.1) is 0 Å². The Bertz CT molecular complexity index is 831. The summed E-state index contributed by atoms with van der Waals surface area (Å²) in [7, 11) is -3.01. The van der Waals surface area contributed by atoms with Gasteiger partial charge in [-0.2, -0.15) is 0 Å². The third-order valence-corrected chi connectivity index (χ3v) is 5.99. The molecule has 25 heavy (non-hydrogen) atoms. The van der Waals surface area contributed by atoms with Gasteiger partial charge in [0.2, 0.25) is 0 Å². The number of amides is 1. The van der Waals surface area contributed by atoms with Crippen LogP contribution in [0.3, 0.4) is 0 Å². The smallest absolute Gasteiger partial charge is 0.261 e. The summed E-state index contributed by atoms with van der Waals surface area (Å²) in [5.41, 5.74) is 2.18. The first-order valence-electron chi connectivity index (χ1n) is 8.26. The highest BCUT2D eigenvalue weighted by Gasteiger charge is 2.30. The number of carbonyl (C=O) groups excluding carboxylic acids is 1. The molecular weight excluding hydrogens is 338 g/mol. The molecule has 2 aromatic rings. The Balaban J connectivity index is 1.57. The lowest BCUT2D eigenvalue weighted by Crippen LogP contribution is -2.43. The standard InChI is InChI=1S/C19H21NO4S/c1-14(19(21)20-17-11-12-25(22,23)13-17)24-18-9-7-16(8-10-18)15-5-3-2-4-6-15/h2-10,14,17H,11-13H2,1H3,(H,20,21)/t14-,17+/m1/s1. The minimum absolute atomic E-state index is 0.0111. The topological polar surface area (TPSA) is 72.5 Å². The molecule has 6 heteroatoms. The van der Waals surface area contributed by atoms with Gasteiger partial charge in [0, 0.05) is 6.04 Å². The highest BCUT2D eigenvalue weighted by atomic mass is 32.2. The summed E-state index contributed by atoms with van der Waals surface area (Å²) in [6.07, 6.45) is -0.224. The van der Waals surface area contributed by atoms with Crippen LogP contribution in [0.25, 0.3) is 11.1 Å². The maximum Gasteiger partial charge on any atom is 0.261 e. The van der Waals surface area contributed by atoms with E-state index in [0.29, 0.717) is 12.2 Å². The maximum absolute atomic E-state index is 12.2. The fourth-order valence-electron chi connectivity index (χ4n) is 2.84. The Kier molecular flexibility index (Phi) is 5.08. The van der Waals surface area contributed by atoms with E-state index in [9.17, 15) is 13.2 Å². The van der Waals surface area contributed by atoms with Crippen molar-refractivity contribution in [2.45, 2.75) is 25.5 Å². The van der Waals surface area contributed by atoms with Crippen molar-refractivity contribution in [1.29, 1.82) is 0 Å². The van der Waals surface area contributed by atoms with Crippen LogP contribution in [0.4, 0.5) is 0 Å². The highest BCUT2D eigenvalue weighted by molar-refractivity contribution is 7.91. The number of sulfone groups is 1. The molecule has 1 saturated heterocycles. The molecule has 0 spiro atoms. The first kappa shape index (κ1) is 17.5. The van der Waals surface area contributed by atoms with Gasteiger partial charge in [0.1, 0.15) is 5.75 Å². The number of hydrogen-bond acceptors (Lipinski definition) is 4. The summed E-state index contributed by atoms with van der Waals surface area (Å²) in [5, 5.41) is 2.75. The van der Waals surface area contributed by atoms with E-state index in [1.807, 2.05) is 54.6 Å². The first-order valence-corrected chi connectivity index (χ1v) is 10.1. The number of carbonyl (C=O) groups is 1. The molecule has 5 nitrogen and oxygen atoms in total. The molecular formula is C19H21NO4S. The average Bonchev–Trinajstić information content (AvgIpc) is 2.95. The number of benzene rings is 2. The normalized spacial score (nSPS) is 20.0. The number of rotatable bonds is 5. The Hall–Kier alpha value is -2.34. The monoisotopic (exact) mass is 359 g/mol. The average molecular weight is 359 g/mol. The van der Waals surface area contributed by atoms with E-state index in [2.05, 4.69) is 5.32 Å². The maximum atomic E-state index is 12.2. The van der Waals surface area contributed by atoms with Gasteiger partial charge < -0.3 is 10.1 Å². The summed E-state index contributed by atoms with van der Waals surface area (Å²) >= 11 is 0. The number of nitrogens with one attached hydrogen (secondary N) is 1. The third kappa shape index (κ3) is 4.60. The van der Waals surface area contributed by atoms with Gasteiger partial charge in [0.15, 0.2) is 15.9 Å². The second-order valence-electron chi connectivity index (χ2n) is 6.26. The lowest BCUT2D eigenvalue weighted by atomic mass is 10.1. The van der Waals surface area contributed by atoms with Crippen molar-refractivity contribution in [1.82, 2.24) is 5.32 Å². The fraction of sp³-hybridized carbons (Fsp3) is 0.316. The zero-order chi connectivity index (χ0) is 17.9. The molecule has 0 radical (unpaired) electrons. The van der Waals surface area contributed by atoms with Crippen molar-refractivity contribution in [2.75, 3.05) is 11.5 Å². The second kappa shape index (κ2) is 7.27. The van der Waals surface area contributed by atoms with Crippen molar-refractivity contribution < 1.29 is 17.9 Å². The van der Waals surface area contributed by atoms with Gasteiger partial charge in [-0.25, -0.2) is 8.42 Å². The van der Waals surface area contributed by atoms with Crippen LogP contribution in [-0.2, 0) is 14.6 Å². The van der Waals surface area contributed by atoms with Gasteiger partial charge in [0.05, 0.1) is 11.5 Å². The Morgan fingerprint density at radius 1 is 1.08 bits per heavy atom. The summed E-state index contributed by atoms with van der Waals surface area (Å²) in [6, 6.07) is 17.2. The van der Waals surface area contributed by atoms with Crippen LogP contribution in [0.1, 0.15) is 13.3 Å². The van der Waals surface area contributed by atoms with Gasteiger partial charge >= 0.3 is 0 Å². The molecule has 1 aliphatic rings. The molecule has 2 atom stereocenters. The van der Waals surface area contributed by atoms with Crippen molar-refractivity contribution in [2.24, 2.45) is 0 Å². The van der Waals surface area contributed by atoms with E-state index >= 15 is 0 Å². The zero-order valence-electron chi connectivity index (χ0n) is 14.0. The van der Waals surface area contributed by atoms with Gasteiger partial charge in [0.25, 0.3) is 5.91 Å². The van der Waals surface area contributed by atoms with Crippen molar-refractivity contribution >= 4 is 15.7 Å². The minimum atomic E-state index is -3.01. The van der Waals surface area contributed by atoms with Gasteiger partial charge in [-0.3, -0.25) is 4.79 Å². The van der Waals surface area contributed by atoms with Crippen LogP contribution in [0.2, 0.25) is 0 Å². The third-order valence-electron chi connectivity index (χ3n) is 4.22. The minimum Gasteiger partial charge on any atom is -0.481 e. The molecule has 0 bridgehead atoms. The van der Waals surface area contributed by atoms with E-state index in [1.165, 1.54) is 0 Å². The SMILES string of the molecule is C[C@@H](Oc1ccc(-c2ccccc2)cc1)C(=O)N[C@H]1CCS(=O)(=O)C1. The summed E-state index contributed by atoms with van der Waals surface area (Å²) in [5.74, 6) is 0.446. The fourth-order valence-corrected chi connectivity index (χ4v) is 4.51. The largest absolute Gasteiger partial charge is 0.481 e. The lowest BCUT2D eigenvalue weighted by Gasteiger charge is -2.17. The van der Waals surface area contributed by atoms with Gasteiger partial charge in [-0.05, 0) is 36.6 Å². The van der Waals surface area contributed by atoms with E-state index in [4.69, 9.17) is 4.74 Å². The Morgan fingerprint density at radius 2 is 1.72 bits per heavy atom. The summed E-state index contributed by atoms with van der Waals surface area (Å²) in [4.78, 5) is 12.2. The van der Waals surface area contributed by atoms with Crippen LogP contribution in [0, 0.1) is 0 Å². The van der Waals surface area contributed by atoms with Crippen LogP contribution < -0.4 is 10.1 Å². The van der Waals surface area contributed by atoms with E-state index in [1.54, 1.807) is 6.92 Å². The van der Waals surface area contributed by atoms with E-state index in [-0.39, 0.29) is 23.5 Å². The van der Waals surface area contributed by atoms with Crippen LogP contribution in [-0.4, -0.2) is 38.0 Å². The molecule has 1 heterocycles. The van der Waals surface area contributed by atoms with Crippen molar-refractivity contribution in [3.8, 4) is 16.9 Å². The molecule has 1 N–H and O–H groups in total. The molecule has 3 rings (SSSR count). The highest BCUT2D eigenvalue weighted by Crippen LogP contribution is 2.22. The number of hydrogen-bond donors (Lipinski definition) is 1. The zero-order valence-corrected chi connectivity index (χ0v) is 14.8. The molecule has 1 fully saturated rings. The first-order chi connectivity index (χ1) is 11.9. The Morgan fingerprint density at radius 3 is 2.32 bits per heavy atom. The molecule has 0 unspecified atom stereocenters. The second-order valence-corrected chi connectivity index (χ2v) is 8.49. The van der Waals surface area contributed by atoms with Gasteiger partial charge in [-0.1, -0.05) is 42.5 Å².